The van der Waals surface area contributed by atoms with Gasteiger partial charge >= 0.3 is 15.6 Å². The Balaban J connectivity index is 0.00000162. The zero-order valence-electron chi connectivity index (χ0n) is 10.2. The molecule has 1 aromatic heterocycles. The summed E-state index contributed by atoms with van der Waals surface area (Å²) in [4.78, 5) is 10.8. The Hall–Kier alpha value is -1.36. The summed E-state index contributed by atoms with van der Waals surface area (Å²) >= 11 is 0.841. The molecule has 0 atom stereocenters. The van der Waals surface area contributed by atoms with Gasteiger partial charge in [-0.2, -0.15) is 11.3 Å². The van der Waals surface area contributed by atoms with Crippen molar-refractivity contribution in [3.05, 3.63) is 35.7 Å². The topological polar surface area (TPSA) is 110 Å². The van der Waals surface area contributed by atoms with E-state index >= 15 is 0 Å². The van der Waals surface area contributed by atoms with Crippen molar-refractivity contribution in [1.82, 2.24) is 0 Å². The number of benzene rings is 1. The number of rotatable bonds is 3. The van der Waals surface area contributed by atoms with Gasteiger partial charge in [0.05, 0.1) is 0 Å². The van der Waals surface area contributed by atoms with Crippen molar-refractivity contribution < 1.29 is 24.6 Å². The normalized spacial score (nSPS) is 8.89. The number of hydrogen-bond acceptors (Lipinski definition) is 4. The third-order valence-corrected chi connectivity index (χ3v) is 4.64. The van der Waals surface area contributed by atoms with E-state index in [2.05, 4.69) is 0 Å². The third kappa shape index (κ3) is 4.35. The molecule has 1 radical (unpaired) electrons. The fraction of sp³-hybridized carbons (Fsp3) is 0.0833. The van der Waals surface area contributed by atoms with Crippen LogP contribution in [0.1, 0.15) is 6.92 Å². The summed E-state index contributed by atoms with van der Waals surface area (Å²) in [6.07, 6.45) is 0. The van der Waals surface area contributed by atoms with E-state index in [1.54, 1.807) is 5.38 Å². The molecule has 0 aliphatic heterocycles. The Labute approximate surface area is 121 Å². The van der Waals surface area contributed by atoms with Gasteiger partial charge in [-0.1, -0.05) is 30.3 Å². The van der Waals surface area contributed by atoms with E-state index in [1.165, 1.54) is 18.3 Å². The number of carbonyl (C=O) groups excluding carboxylic acids is 1. The minimum absolute atomic E-state index is 0. The second kappa shape index (κ2) is 7.94. The molecule has 0 aliphatic carbocycles. The van der Waals surface area contributed by atoms with Gasteiger partial charge in [-0.15, -0.1) is 0 Å². The molecule has 5 N–H and O–H groups in total. The first kappa shape index (κ1) is 17.6. The fourth-order valence-electron chi connectivity index (χ4n) is 1.48. The van der Waals surface area contributed by atoms with Crippen LogP contribution in [0.3, 0.4) is 0 Å². The van der Waals surface area contributed by atoms with Crippen LogP contribution in [-0.2, 0) is 8.58 Å². The maximum absolute atomic E-state index is 10.8. The summed E-state index contributed by atoms with van der Waals surface area (Å²) in [7, 11) is 0. The SMILES string of the molecule is CC(=O)[O][Al][c]1scc(O)c1-c1ccccc1.O.O. The fourth-order valence-corrected chi connectivity index (χ4v) is 3.45. The van der Waals surface area contributed by atoms with Crippen molar-refractivity contribution in [2.75, 3.05) is 0 Å². The molecule has 0 saturated carbocycles. The lowest BCUT2D eigenvalue weighted by Crippen LogP contribution is -2.18. The van der Waals surface area contributed by atoms with Gasteiger partial charge in [-0.3, -0.25) is 4.79 Å². The predicted molar refractivity (Wildman–Crippen MR) is 75.8 cm³/mol. The van der Waals surface area contributed by atoms with Gasteiger partial charge in [-0.05, 0) is 9.30 Å². The van der Waals surface area contributed by atoms with Crippen LogP contribution in [0.5, 0.6) is 5.75 Å². The molecule has 19 heavy (non-hydrogen) atoms. The van der Waals surface area contributed by atoms with Gasteiger partial charge in [0.25, 0.3) is 5.97 Å². The molecule has 0 fully saturated rings. The molecule has 1 aromatic carbocycles. The van der Waals surface area contributed by atoms with Crippen molar-refractivity contribution in [3.63, 3.8) is 0 Å². The minimum Gasteiger partial charge on any atom is -0.618 e. The number of hydrogen-bond donors (Lipinski definition) is 1. The second-order valence-corrected chi connectivity index (χ2v) is 5.83. The molecule has 5 nitrogen and oxygen atoms in total. The van der Waals surface area contributed by atoms with E-state index in [1.807, 2.05) is 30.3 Å². The van der Waals surface area contributed by atoms with E-state index in [-0.39, 0.29) is 22.7 Å². The van der Waals surface area contributed by atoms with Crippen LogP contribution in [0.15, 0.2) is 35.7 Å². The summed E-state index contributed by atoms with van der Waals surface area (Å²) in [6.45, 7) is 1.39. The number of thiophene rings is 1. The van der Waals surface area contributed by atoms with Crippen LogP contribution in [0, 0.1) is 0 Å². The molecule has 0 unspecified atom stereocenters. The van der Waals surface area contributed by atoms with Gasteiger partial charge < -0.3 is 19.8 Å². The summed E-state index contributed by atoms with van der Waals surface area (Å²) < 4.78 is 5.98. The molecule has 101 valence electrons. The smallest absolute Gasteiger partial charge is 0.584 e. The third-order valence-electron chi connectivity index (χ3n) is 2.19. The second-order valence-electron chi connectivity index (χ2n) is 3.45. The van der Waals surface area contributed by atoms with Crippen LogP contribution in [0.4, 0.5) is 0 Å². The standard InChI is InChI=1S/C10H7OS.C2H4O2.Al.2H2O/c11-10-7-12-6-9(10)8-4-2-1-3-5-8;1-2(3)4;;;/h1-5,7,11H;1H3,(H,3,4);;2*1H2/q;;+1;;/p-1. The minimum atomic E-state index is -0.581. The summed E-state index contributed by atoms with van der Waals surface area (Å²) in [6, 6.07) is 9.61. The lowest BCUT2D eigenvalue weighted by Gasteiger charge is -2.04. The van der Waals surface area contributed by atoms with E-state index in [9.17, 15) is 9.90 Å². The van der Waals surface area contributed by atoms with Crippen LogP contribution >= 0.6 is 11.3 Å². The Morgan fingerprint density at radius 2 is 1.89 bits per heavy atom. The molecule has 0 amide bonds. The molecule has 7 heteroatoms. The largest absolute Gasteiger partial charge is 0.618 e. The van der Waals surface area contributed by atoms with E-state index in [0.29, 0.717) is 0 Å². The molecule has 0 spiro atoms. The summed E-state index contributed by atoms with van der Waals surface area (Å²) in [5.74, 6) is -0.0391. The predicted octanol–water partition coefficient (Wildman–Crippen LogP) is 0.279. The number of aromatic hydroxyl groups is 1. The molecule has 0 saturated heterocycles. The Morgan fingerprint density at radius 3 is 2.47 bits per heavy atom. The first-order valence-corrected chi connectivity index (χ1v) is 6.97. The average molecular weight is 297 g/mol. The molecule has 2 aromatic rings. The molecular formula is C12H14AlO5S. The van der Waals surface area contributed by atoms with Crippen molar-refractivity contribution in [3.8, 4) is 16.9 Å². The van der Waals surface area contributed by atoms with Crippen molar-refractivity contribution >= 4 is 36.6 Å². The van der Waals surface area contributed by atoms with Crippen LogP contribution < -0.4 is 3.74 Å². The molecule has 0 bridgehead atoms. The summed E-state index contributed by atoms with van der Waals surface area (Å²) in [5, 5.41) is 11.5. The van der Waals surface area contributed by atoms with Crippen LogP contribution in [0.2, 0.25) is 0 Å². The quantitative estimate of drug-likeness (QED) is 0.821. The molecule has 0 aliphatic rings. The lowest BCUT2D eigenvalue weighted by atomic mass is 10.1. The Kier molecular flexibility index (Phi) is 7.38. The Bertz CT molecular complexity index is 526. The zero-order valence-corrected chi connectivity index (χ0v) is 12.2. The highest BCUT2D eigenvalue weighted by Crippen LogP contribution is 2.30. The van der Waals surface area contributed by atoms with Crippen molar-refractivity contribution in [1.29, 1.82) is 0 Å². The maximum atomic E-state index is 10.8. The number of carbonyl (C=O) groups is 1. The van der Waals surface area contributed by atoms with Gasteiger partial charge in [0.2, 0.25) is 0 Å². The van der Waals surface area contributed by atoms with Gasteiger partial charge in [0.1, 0.15) is 5.75 Å². The monoisotopic (exact) mass is 297 g/mol. The van der Waals surface area contributed by atoms with E-state index in [4.69, 9.17) is 3.79 Å². The maximum Gasteiger partial charge on any atom is 0.584 e. The average Bonchev–Trinajstić information content (AvgIpc) is 2.69. The highest BCUT2D eigenvalue weighted by Gasteiger charge is 2.17. The van der Waals surface area contributed by atoms with E-state index in [0.717, 1.165) is 14.9 Å². The van der Waals surface area contributed by atoms with Gasteiger partial charge in [0.15, 0.2) is 0 Å². The first-order valence-electron chi connectivity index (χ1n) is 5.05. The zero-order chi connectivity index (χ0) is 12.3. The molecule has 2 rings (SSSR count). The highest BCUT2D eigenvalue weighted by atomic mass is 32.1. The van der Waals surface area contributed by atoms with Crippen molar-refractivity contribution in [2.24, 2.45) is 0 Å². The summed E-state index contributed by atoms with van der Waals surface area (Å²) in [5.41, 5.74) is 1.73. The highest BCUT2D eigenvalue weighted by molar-refractivity contribution is 7.20. The van der Waals surface area contributed by atoms with E-state index < -0.39 is 15.6 Å². The van der Waals surface area contributed by atoms with Crippen LogP contribution in [-0.4, -0.2) is 37.6 Å². The van der Waals surface area contributed by atoms with Gasteiger partial charge in [-0.25, -0.2) is 0 Å². The Morgan fingerprint density at radius 1 is 1.26 bits per heavy atom. The van der Waals surface area contributed by atoms with Crippen LogP contribution in [0.25, 0.3) is 11.1 Å². The molecular weight excluding hydrogens is 283 g/mol. The lowest BCUT2D eigenvalue weighted by molar-refractivity contribution is -0.131. The van der Waals surface area contributed by atoms with Crippen molar-refractivity contribution in [2.45, 2.75) is 6.92 Å². The molecule has 1 heterocycles. The first-order chi connectivity index (χ1) is 8.18. The van der Waals surface area contributed by atoms with Gasteiger partial charge in [0, 0.05) is 17.9 Å².